The van der Waals surface area contributed by atoms with Gasteiger partial charge in [0.05, 0.1) is 0 Å². The first-order valence-electron chi connectivity index (χ1n) is 6.93. The molecule has 0 saturated carbocycles. The predicted molar refractivity (Wildman–Crippen MR) is 80.3 cm³/mol. The maximum Gasteiger partial charge on any atom is 0.112 e. The van der Waals surface area contributed by atoms with Crippen LogP contribution in [0.15, 0.2) is 48.5 Å². The molecule has 2 rings (SSSR count). The fourth-order valence-electron chi connectivity index (χ4n) is 2.33. The largest absolute Gasteiger partial charge is 0.381 e. The van der Waals surface area contributed by atoms with E-state index < -0.39 is 5.60 Å². The third kappa shape index (κ3) is 3.05. The summed E-state index contributed by atoms with van der Waals surface area (Å²) in [5.74, 6) is 0. The van der Waals surface area contributed by atoms with Gasteiger partial charge in [-0.25, -0.2) is 0 Å². The number of rotatable bonds is 4. The molecule has 2 aromatic carbocycles. The van der Waals surface area contributed by atoms with Crippen LogP contribution in [0.5, 0.6) is 0 Å². The standard InChI is InChI=1S/C18H22O/c1-4-5-15-8-12-17(13-9-15)18(3,19)16-10-6-14(2)7-11-16/h6-13,19H,4-5H2,1-3H3. The van der Waals surface area contributed by atoms with Gasteiger partial charge in [-0.2, -0.15) is 0 Å². The molecule has 19 heavy (non-hydrogen) atoms. The smallest absolute Gasteiger partial charge is 0.112 e. The number of aryl methyl sites for hydroxylation is 2. The first kappa shape index (κ1) is 13.8. The molecule has 0 aliphatic heterocycles. The zero-order valence-electron chi connectivity index (χ0n) is 12.0. The average Bonchev–Trinajstić information content (AvgIpc) is 2.40. The second-order valence-electron chi connectivity index (χ2n) is 5.39. The third-order valence-electron chi connectivity index (χ3n) is 3.67. The summed E-state index contributed by atoms with van der Waals surface area (Å²) in [4.78, 5) is 0. The van der Waals surface area contributed by atoms with Crippen LogP contribution in [0.3, 0.4) is 0 Å². The lowest BCUT2D eigenvalue weighted by Gasteiger charge is -2.25. The van der Waals surface area contributed by atoms with E-state index in [0.717, 1.165) is 24.0 Å². The van der Waals surface area contributed by atoms with Crippen LogP contribution in [-0.4, -0.2) is 5.11 Å². The predicted octanol–water partition coefficient (Wildman–Crippen LogP) is 4.20. The Morgan fingerprint density at radius 3 is 1.84 bits per heavy atom. The minimum Gasteiger partial charge on any atom is -0.381 e. The van der Waals surface area contributed by atoms with Crippen LogP contribution in [0.1, 0.15) is 42.5 Å². The van der Waals surface area contributed by atoms with Gasteiger partial charge in [-0.1, -0.05) is 67.4 Å². The first-order valence-corrected chi connectivity index (χ1v) is 6.93. The van der Waals surface area contributed by atoms with E-state index in [2.05, 4.69) is 26.0 Å². The second kappa shape index (κ2) is 5.58. The molecule has 0 amide bonds. The highest BCUT2D eigenvalue weighted by Gasteiger charge is 2.25. The van der Waals surface area contributed by atoms with Gasteiger partial charge in [0, 0.05) is 0 Å². The summed E-state index contributed by atoms with van der Waals surface area (Å²) in [5, 5.41) is 10.8. The van der Waals surface area contributed by atoms with Gasteiger partial charge in [-0.15, -0.1) is 0 Å². The van der Waals surface area contributed by atoms with Crippen LogP contribution in [-0.2, 0) is 12.0 Å². The highest BCUT2D eigenvalue weighted by Crippen LogP contribution is 2.29. The highest BCUT2D eigenvalue weighted by molar-refractivity contribution is 5.37. The quantitative estimate of drug-likeness (QED) is 0.866. The number of hydrogen-bond acceptors (Lipinski definition) is 1. The van der Waals surface area contributed by atoms with Crippen molar-refractivity contribution in [1.29, 1.82) is 0 Å². The van der Waals surface area contributed by atoms with Gasteiger partial charge in [0.2, 0.25) is 0 Å². The zero-order valence-corrected chi connectivity index (χ0v) is 12.0. The van der Waals surface area contributed by atoms with E-state index >= 15 is 0 Å². The SMILES string of the molecule is CCCc1ccc(C(C)(O)c2ccc(C)cc2)cc1. The van der Waals surface area contributed by atoms with Gasteiger partial charge in [-0.3, -0.25) is 0 Å². The van der Waals surface area contributed by atoms with Crippen molar-refractivity contribution < 1.29 is 5.11 Å². The minimum atomic E-state index is -0.932. The second-order valence-corrected chi connectivity index (χ2v) is 5.39. The molecule has 100 valence electrons. The lowest BCUT2D eigenvalue weighted by atomic mass is 9.87. The number of benzene rings is 2. The van der Waals surface area contributed by atoms with Crippen LogP contribution < -0.4 is 0 Å². The zero-order chi connectivity index (χ0) is 13.9. The Balaban J connectivity index is 2.30. The van der Waals surface area contributed by atoms with Crippen molar-refractivity contribution >= 4 is 0 Å². The Labute approximate surface area is 115 Å². The molecule has 0 fully saturated rings. The lowest BCUT2D eigenvalue weighted by Crippen LogP contribution is -2.22. The Morgan fingerprint density at radius 2 is 1.37 bits per heavy atom. The molecular weight excluding hydrogens is 232 g/mol. The topological polar surface area (TPSA) is 20.2 Å². The first-order chi connectivity index (χ1) is 9.04. The number of aliphatic hydroxyl groups is 1. The van der Waals surface area contributed by atoms with E-state index in [1.54, 1.807) is 0 Å². The summed E-state index contributed by atoms with van der Waals surface area (Å²) in [5.41, 5.74) is 3.47. The molecule has 1 N–H and O–H groups in total. The molecule has 0 aliphatic carbocycles. The van der Waals surface area contributed by atoms with Gasteiger partial charge >= 0.3 is 0 Å². The van der Waals surface area contributed by atoms with Crippen molar-refractivity contribution in [2.24, 2.45) is 0 Å². The maximum absolute atomic E-state index is 10.8. The molecule has 2 aromatic rings. The molecule has 0 spiro atoms. The van der Waals surface area contributed by atoms with E-state index in [9.17, 15) is 5.11 Å². The molecule has 0 heterocycles. The maximum atomic E-state index is 10.8. The van der Waals surface area contributed by atoms with E-state index in [4.69, 9.17) is 0 Å². The van der Waals surface area contributed by atoms with E-state index in [1.165, 1.54) is 11.1 Å². The minimum absolute atomic E-state index is 0.932. The van der Waals surface area contributed by atoms with E-state index in [0.29, 0.717) is 0 Å². The molecule has 0 bridgehead atoms. The van der Waals surface area contributed by atoms with E-state index in [1.807, 2.05) is 43.3 Å². The van der Waals surface area contributed by atoms with E-state index in [-0.39, 0.29) is 0 Å². The van der Waals surface area contributed by atoms with Crippen LogP contribution in [0.2, 0.25) is 0 Å². The third-order valence-corrected chi connectivity index (χ3v) is 3.67. The van der Waals surface area contributed by atoms with Crippen molar-refractivity contribution in [1.82, 2.24) is 0 Å². The van der Waals surface area contributed by atoms with Crippen LogP contribution >= 0.6 is 0 Å². The fraction of sp³-hybridized carbons (Fsp3) is 0.333. The summed E-state index contributed by atoms with van der Waals surface area (Å²) in [6.07, 6.45) is 2.24. The van der Waals surface area contributed by atoms with Gasteiger partial charge in [0.15, 0.2) is 0 Å². The summed E-state index contributed by atoms with van der Waals surface area (Å²) < 4.78 is 0. The molecular formula is C18H22O. The number of hydrogen-bond donors (Lipinski definition) is 1. The molecule has 0 radical (unpaired) electrons. The molecule has 1 atom stereocenters. The average molecular weight is 254 g/mol. The van der Waals surface area contributed by atoms with Gasteiger partial charge in [0.1, 0.15) is 5.60 Å². The Kier molecular flexibility index (Phi) is 4.06. The van der Waals surface area contributed by atoms with Crippen molar-refractivity contribution in [3.05, 3.63) is 70.8 Å². The molecule has 1 heteroatoms. The van der Waals surface area contributed by atoms with Crippen LogP contribution in [0.4, 0.5) is 0 Å². The lowest BCUT2D eigenvalue weighted by molar-refractivity contribution is 0.102. The monoisotopic (exact) mass is 254 g/mol. The Bertz CT molecular complexity index is 521. The van der Waals surface area contributed by atoms with Crippen molar-refractivity contribution in [2.45, 2.75) is 39.2 Å². The van der Waals surface area contributed by atoms with Crippen molar-refractivity contribution in [3.8, 4) is 0 Å². The van der Waals surface area contributed by atoms with Crippen LogP contribution in [0, 0.1) is 6.92 Å². The Hall–Kier alpha value is -1.60. The van der Waals surface area contributed by atoms with Crippen molar-refractivity contribution in [3.63, 3.8) is 0 Å². The fourth-order valence-corrected chi connectivity index (χ4v) is 2.33. The summed E-state index contributed by atoms with van der Waals surface area (Å²) >= 11 is 0. The summed E-state index contributed by atoms with van der Waals surface area (Å²) in [6, 6.07) is 16.4. The van der Waals surface area contributed by atoms with Crippen LogP contribution in [0.25, 0.3) is 0 Å². The molecule has 1 nitrogen and oxygen atoms in total. The molecule has 0 aromatic heterocycles. The normalized spacial score (nSPS) is 14.1. The van der Waals surface area contributed by atoms with Gasteiger partial charge < -0.3 is 5.11 Å². The van der Waals surface area contributed by atoms with Crippen molar-refractivity contribution in [2.75, 3.05) is 0 Å². The summed E-state index contributed by atoms with van der Waals surface area (Å²) in [6.45, 7) is 6.08. The van der Waals surface area contributed by atoms with Gasteiger partial charge in [0.25, 0.3) is 0 Å². The summed E-state index contributed by atoms with van der Waals surface area (Å²) in [7, 11) is 0. The highest BCUT2D eigenvalue weighted by atomic mass is 16.3. The molecule has 1 unspecified atom stereocenters. The molecule has 0 aliphatic rings. The Morgan fingerprint density at radius 1 is 0.895 bits per heavy atom. The molecule has 0 saturated heterocycles. The van der Waals surface area contributed by atoms with Gasteiger partial charge in [-0.05, 0) is 37.0 Å².